The Bertz CT molecular complexity index is 157. The minimum atomic E-state index is -0.531. The van der Waals surface area contributed by atoms with Crippen molar-refractivity contribution in [3.63, 3.8) is 0 Å². The van der Waals surface area contributed by atoms with Crippen LogP contribution >= 0.6 is 0 Å². The molecule has 0 aromatic carbocycles. The number of rotatable bonds is 0. The van der Waals surface area contributed by atoms with Crippen molar-refractivity contribution >= 4 is 11.6 Å². The van der Waals surface area contributed by atoms with Crippen molar-refractivity contribution in [2.75, 3.05) is 6.61 Å². The van der Waals surface area contributed by atoms with Gasteiger partial charge in [-0.2, -0.15) is 0 Å². The Morgan fingerprint density at radius 2 is 2.38 bits per heavy atom. The zero-order valence-corrected chi connectivity index (χ0v) is 4.01. The number of ketones is 2. The van der Waals surface area contributed by atoms with Crippen molar-refractivity contribution in [1.29, 1.82) is 0 Å². The lowest BCUT2D eigenvalue weighted by Gasteiger charge is -1.99. The van der Waals surface area contributed by atoms with Crippen molar-refractivity contribution in [3.8, 4) is 0 Å². The third-order valence-corrected chi connectivity index (χ3v) is 0.751. The van der Waals surface area contributed by atoms with Crippen LogP contribution < -0.4 is 0 Å². The van der Waals surface area contributed by atoms with E-state index < -0.39 is 11.6 Å². The van der Waals surface area contributed by atoms with Gasteiger partial charge in [0.15, 0.2) is 12.9 Å². The molecule has 1 heterocycles. The summed E-state index contributed by atoms with van der Waals surface area (Å²) in [5.41, 5.74) is 0. The predicted octanol–water partition coefficient (Wildman–Crippen LogP) is -0.528. The molecule has 0 saturated carbocycles. The molecule has 0 N–H and O–H groups in total. The Balaban J connectivity index is 2.75. The number of carbonyl (C=O) groups excluding carboxylic acids is 2. The number of Topliss-reactive ketones (excluding diaryl/α,β-unsaturated/α-hetero) is 1. The first-order valence-electron chi connectivity index (χ1n) is 2.08. The molecular weight excluding hydrogens is 108 g/mol. The third-order valence-electron chi connectivity index (χ3n) is 0.751. The first kappa shape index (κ1) is 5.03. The molecule has 0 saturated heterocycles. The Morgan fingerprint density at radius 3 is 2.75 bits per heavy atom. The number of ether oxygens (including phenoxy) is 1. The molecule has 0 atom stereocenters. The summed E-state index contributed by atoms with van der Waals surface area (Å²) in [6.07, 6.45) is 3.16. The molecule has 3 nitrogen and oxygen atoms in total. The lowest BCUT2D eigenvalue weighted by atomic mass is 10.2. The smallest absolute Gasteiger partial charge is 0.240 e. The van der Waals surface area contributed by atoms with Gasteiger partial charge in [-0.3, -0.25) is 9.59 Å². The highest BCUT2D eigenvalue weighted by Gasteiger charge is 2.13. The van der Waals surface area contributed by atoms with E-state index >= 15 is 0 Å². The summed E-state index contributed by atoms with van der Waals surface area (Å²) < 4.78 is 4.38. The molecule has 3 heteroatoms. The second-order valence-electron chi connectivity index (χ2n) is 1.34. The van der Waals surface area contributed by atoms with Gasteiger partial charge in [-0.25, -0.2) is 0 Å². The predicted molar refractivity (Wildman–Crippen MR) is 23.8 cm³/mol. The van der Waals surface area contributed by atoms with Crippen molar-refractivity contribution in [2.24, 2.45) is 0 Å². The van der Waals surface area contributed by atoms with Crippen LogP contribution in [0.2, 0.25) is 0 Å². The van der Waals surface area contributed by atoms with Gasteiger partial charge in [0.25, 0.3) is 0 Å². The highest BCUT2D eigenvalue weighted by atomic mass is 16.5. The lowest BCUT2D eigenvalue weighted by molar-refractivity contribution is -0.137. The molecule has 0 aliphatic carbocycles. The molecule has 0 fully saturated rings. The quantitative estimate of drug-likeness (QED) is 0.395. The minimum absolute atomic E-state index is 0.157. The molecule has 0 aromatic heterocycles. The molecular formula is C5H3O3. The second kappa shape index (κ2) is 1.78. The van der Waals surface area contributed by atoms with E-state index in [-0.39, 0.29) is 6.61 Å². The topological polar surface area (TPSA) is 43.4 Å². The second-order valence-corrected chi connectivity index (χ2v) is 1.34. The van der Waals surface area contributed by atoms with E-state index in [1.807, 2.05) is 0 Å². The summed E-state index contributed by atoms with van der Waals surface area (Å²) in [6.45, 7) is -0.157. The van der Waals surface area contributed by atoms with E-state index in [2.05, 4.69) is 11.0 Å². The average molecular weight is 111 g/mol. The highest BCUT2D eigenvalue weighted by Crippen LogP contribution is 1.89. The van der Waals surface area contributed by atoms with E-state index in [1.165, 1.54) is 0 Å². The summed E-state index contributed by atoms with van der Waals surface area (Å²) in [4.78, 5) is 20.5. The molecule has 0 unspecified atom stereocenters. The zero-order chi connectivity index (χ0) is 5.98. The van der Waals surface area contributed by atoms with Gasteiger partial charge >= 0.3 is 0 Å². The molecule has 0 aromatic rings. The first-order valence-corrected chi connectivity index (χ1v) is 2.08. The van der Waals surface area contributed by atoms with Crippen LogP contribution in [-0.2, 0) is 14.3 Å². The maximum Gasteiger partial charge on any atom is 0.240 e. The van der Waals surface area contributed by atoms with Crippen molar-refractivity contribution in [3.05, 3.63) is 12.3 Å². The van der Waals surface area contributed by atoms with Gasteiger partial charge in [-0.15, -0.1) is 0 Å². The van der Waals surface area contributed by atoms with Crippen LogP contribution in [0.1, 0.15) is 0 Å². The highest BCUT2D eigenvalue weighted by molar-refractivity contribution is 6.42. The van der Waals surface area contributed by atoms with Crippen LogP contribution in [0.3, 0.4) is 0 Å². The van der Waals surface area contributed by atoms with E-state index in [4.69, 9.17) is 0 Å². The van der Waals surface area contributed by atoms with Gasteiger partial charge in [-0.1, -0.05) is 0 Å². The van der Waals surface area contributed by atoms with Gasteiger partial charge in [0.1, 0.15) is 0 Å². The summed E-state index contributed by atoms with van der Waals surface area (Å²) in [7, 11) is 0. The maximum absolute atomic E-state index is 10.2. The van der Waals surface area contributed by atoms with E-state index in [1.54, 1.807) is 0 Å². The molecule has 0 spiro atoms. The number of hydrogen-bond donors (Lipinski definition) is 0. The number of carbonyl (C=O) groups is 2. The normalized spacial score (nSPS) is 18.5. The molecule has 41 valence electrons. The Labute approximate surface area is 45.9 Å². The van der Waals surface area contributed by atoms with Gasteiger partial charge in [0, 0.05) is 6.08 Å². The fraction of sp³-hybridized carbons (Fsp3) is 0.200. The molecule has 1 radical (unpaired) electrons. The summed E-state index contributed by atoms with van der Waals surface area (Å²) in [5.74, 6) is -1.04. The van der Waals surface area contributed by atoms with E-state index in [0.717, 1.165) is 6.08 Å². The summed E-state index contributed by atoms with van der Waals surface area (Å²) in [5, 5.41) is 0. The molecule has 0 bridgehead atoms. The van der Waals surface area contributed by atoms with Gasteiger partial charge in [0.05, 0.1) is 0 Å². The van der Waals surface area contributed by atoms with Crippen LogP contribution in [0.4, 0.5) is 0 Å². The van der Waals surface area contributed by atoms with Crippen molar-refractivity contribution in [2.45, 2.75) is 0 Å². The Kier molecular flexibility index (Phi) is 1.12. The Morgan fingerprint density at radius 1 is 1.62 bits per heavy atom. The average Bonchev–Trinajstić information content (AvgIpc) is 1.77. The van der Waals surface area contributed by atoms with E-state index in [9.17, 15) is 9.59 Å². The van der Waals surface area contributed by atoms with Gasteiger partial charge in [0.2, 0.25) is 11.6 Å². The molecule has 1 aliphatic rings. The number of allylic oxidation sites excluding steroid dienone is 1. The van der Waals surface area contributed by atoms with E-state index in [0.29, 0.717) is 0 Å². The van der Waals surface area contributed by atoms with Crippen LogP contribution in [-0.4, -0.2) is 18.2 Å². The molecule has 1 rings (SSSR count). The summed E-state index contributed by atoms with van der Waals surface area (Å²) >= 11 is 0. The van der Waals surface area contributed by atoms with Gasteiger partial charge < -0.3 is 4.74 Å². The zero-order valence-electron chi connectivity index (χ0n) is 4.01. The monoisotopic (exact) mass is 111 g/mol. The maximum atomic E-state index is 10.2. The Hall–Kier alpha value is -1.12. The minimum Gasteiger partial charge on any atom is -0.481 e. The SMILES string of the molecule is O=C1C=[C]OCC1=O. The standard InChI is InChI=1S/C5H3O3/c6-4-1-2-8-3-5(4)7/h1H,3H2. The molecule has 1 aliphatic heterocycles. The molecule has 8 heavy (non-hydrogen) atoms. The third kappa shape index (κ3) is 0.753. The first-order chi connectivity index (χ1) is 3.80. The van der Waals surface area contributed by atoms with Crippen molar-refractivity contribution < 1.29 is 14.3 Å². The van der Waals surface area contributed by atoms with Gasteiger partial charge in [-0.05, 0) is 0 Å². The largest absolute Gasteiger partial charge is 0.481 e. The number of hydrogen-bond acceptors (Lipinski definition) is 3. The van der Waals surface area contributed by atoms with Crippen LogP contribution in [0.5, 0.6) is 0 Å². The van der Waals surface area contributed by atoms with Crippen LogP contribution in [0, 0.1) is 6.26 Å². The van der Waals surface area contributed by atoms with Crippen LogP contribution in [0.25, 0.3) is 0 Å². The lowest BCUT2D eigenvalue weighted by Crippen LogP contribution is -2.20. The fourth-order valence-corrected chi connectivity index (χ4v) is 0.354. The van der Waals surface area contributed by atoms with Crippen LogP contribution in [0.15, 0.2) is 6.08 Å². The summed E-state index contributed by atoms with van der Waals surface area (Å²) in [6, 6.07) is 0. The fourth-order valence-electron chi connectivity index (χ4n) is 0.354. The molecule has 0 amide bonds. The van der Waals surface area contributed by atoms with Crippen molar-refractivity contribution in [1.82, 2.24) is 0 Å².